The quantitative estimate of drug-likeness (QED) is 0.0375. The van der Waals surface area contributed by atoms with Crippen LogP contribution >= 0.6 is 0 Å². The molecule has 0 saturated carbocycles. The molecular formula is C38H63NO7. The first-order chi connectivity index (χ1) is 22.1. The largest absolute Gasteiger partial charge is 0.544 e. The Balaban J connectivity index is 4.56. The van der Waals surface area contributed by atoms with Crippen molar-refractivity contribution >= 4 is 17.9 Å². The van der Waals surface area contributed by atoms with E-state index in [4.69, 9.17) is 14.2 Å². The van der Waals surface area contributed by atoms with Crippen molar-refractivity contribution in [2.24, 2.45) is 0 Å². The summed E-state index contributed by atoms with van der Waals surface area (Å²) in [6.45, 7) is 4.38. The Hall–Kier alpha value is -2.97. The lowest BCUT2D eigenvalue weighted by atomic mass is 10.1. The molecule has 2 unspecified atom stereocenters. The van der Waals surface area contributed by atoms with Gasteiger partial charge in [-0.1, -0.05) is 120 Å². The molecule has 0 aromatic carbocycles. The number of carbonyl (C=O) groups is 3. The van der Waals surface area contributed by atoms with Gasteiger partial charge in [-0.2, -0.15) is 0 Å². The number of esters is 2. The zero-order valence-electron chi connectivity index (χ0n) is 29.5. The molecule has 0 heterocycles. The number of carboxylic acids is 1. The van der Waals surface area contributed by atoms with Crippen LogP contribution in [0.3, 0.4) is 0 Å². The van der Waals surface area contributed by atoms with Crippen LogP contribution in [0.25, 0.3) is 0 Å². The van der Waals surface area contributed by atoms with Crippen LogP contribution in [-0.2, 0) is 28.6 Å². The third kappa shape index (κ3) is 27.3. The Kier molecular flexibility index (Phi) is 27.5. The van der Waals surface area contributed by atoms with Crippen molar-refractivity contribution in [2.45, 2.75) is 122 Å². The Morgan fingerprint density at radius 1 is 0.674 bits per heavy atom. The lowest BCUT2D eigenvalue weighted by molar-refractivity contribution is -0.889. The fourth-order valence-corrected chi connectivity index (χ4v) is 4.56. The van der Waals surface area contributed by atoms with Gasteiger partial charge in [-0.15, -0.1) is 0 Å². The summed E-state index contributed by atoms with van der Waals surface area (Å²) in [5.41, 5.74) is 0. The highest BCUT2D eigenvalue weighted by Gasteiger charge is 2.25. The van der Waals surface area contributed by atoms with Gasteiger partial charge in [0.25, 0.3) is 0 Å². The molecular weight excluding hydrogens is 582 g/mol. The van der Waals surface area contributed by atoms with E-state index in [0.717, 1.165) is 44.9 Å². The van der Waals surface area contributed by atoms with Gasteiger partial charge in [0.1, 0.15) is 12.6 Å². The molecule has 0 amide bonds. The highest BCUT2D eigenvalue weighted by molar-refractivity contribution is 5.70. The van der Waals surface area contributed by atoms with Crippen molar-refractivity contribution in [3.8, 4) is 0 Å². The van der Waals surface area contributed by atoms with Crippen molar-refractivity contribution in [1.82, 2.24) is 0 Å². The van der Waals surface area contributed by atoms with Crippen molar-refractivity contribution in [3.05, 3.63) is 60.8 Å². The van der Waals surface area contributed by atoms with Gasteiger partial charge in [0, 0.05) is 19.3 Å². The summed E-state index contributed by atoms with van der Waals surface area (Å²) in [6, 6.07) is -0.733. The average molecular weight is 646 g/mol. The van der Waals surface area contributed by atoms with E-state index in [1.807, 2.05) is 48.6 Å². The average Bonchev–Trinajstić information content (AvgIpc) is 3.00. The molecule has 0 aliphatic rings. The van der Waals surface area contributed by atoms with Crippen LogP contribution in [-0.4, -0.2) is 75.5 Å². The smallest absolute Gasteiger partial charge is 0.306 e. The number of hydrogen-bond acceptors (Lipinski definition) is 7. The molecule has 0 aliphatic heterocycles. The van der Waals surface area contributed by atoms with E-state index >= 15 is 0 Å². The van der Waals surface area contributed by atoms with Crippen molar-refractivity contribution in [3.63, 3.8) is 0 Å². The predicted molar refractivity (Wildman–Crippen MR) is 185 cm³/mol. The minimum absolute atomic E-state index is 0.0209. The summed E-state index contributed by atoms with van der Waals surface area (Å²) >= 11 is 0. The second kappa shape index (κ2) is 29.4. The van der Waals surface area contributed by atoms with Gasteiger partial charge in [0.15, 0.2) is 6.10 Å². The standard InChI is InChI=1S/C38H63NO7/c1-6-8-10-12-14-15-16-17-18-19-20-21-23-25-27-29-37(41)46-34(32-44-31-30-35(38(42)43)39(3,4)5)33-45-36(40)28-26-24-22-13-11-9-7-2/h8,10,12,14-20,34-35H,6-7,9,11,13,21-33H2,1-5H3/b10-8+,14-12+,16-15+,18-17+,20-19+. The first-order valence-corrected chi connectivity index (χ1v) is 17.4. The lowest BCUT2D eigenvalue weighted by Crippen LogP contribution is -2.55. The number of aliphatic carboxylic acids is 1. The van der Waals surface area contributed by atoms with E-state index < -0.39 is 18.1 Å². The number of unbranched alkanes of at least 4 members (excludes halogenated alkanes) is 9. The molecule has 0 aromatic heterocycles. The number of carbonyl (C=O) groups excluding carboxylic acids is 3. The zero-order valence-corrected chi connectivity index (χ0v) is 29.5. The monoisotopic (exact) mass is 645 g/mol. The molecule has 46 heavy (non-hydrogen) atoms. The van der Waals surface area contributed by atoms with Crippen LogP contribution < -0.4 is 5.11 Å². The highest BCUT2D eigenvalue weighted by atomic mass is 16.6. The molecule has 0 aromatic rings. The van der Waals surface area contributed by atoms with Gasteiger partial charge < -0.3 is 28.6 Å². The highest BCUT2D eigenvalue weighted by Crippen LogP contribution is 2.11. The van der Waals surface area contributed by atoms with Gasteiger partial charge in [0.2, 0.25) is 0 Å². The maximum Gasteiger partial charge on any atom is 0.306 e. The van der Waals surface area contributed by atoms with E-state index in [2.05, 4.69) is 26.0 Å². The van der Waals surface area contributed by atoms with Crippen molar-refractivity contribution < 1.29 is 38.2 Å². The van der Waals surface area contributed by atoms with Crippen LogP contribution in [0.15, 0.2) is 60.8 Å². The Labute approximate surface area is 279 Å². The number of quaternary nitrogens is 1. The first-order valence-electron chi connectivity index (χ1n) is 17.4. The summed E-state index contributed by atoms with van der Waals surface area (Å²) < 4.78 is 16.9. The van der Waals surface area contributed by atoms with Gasteiger partial charge in [-0.05, 0) is 32.1 Å². The molecule has 0 rings (SSSR count). The fourth-order valence-electron chi connectivity index (χ4n) is 4.56. The number of hydrogen-bond donors (Lipinski definition) is 0. The lowest BCUT2D eigenvalue weighted by Gasteiger charge is -2.34. The second-order valence-corrected chi connectivity index (χ2v) is 12.5. The number of nitrogens with zero attached hydrogens (tertiary/aromatic N) is 1. The fraction of sp³-hybridized carbons (Fsp3) is 0.658. The van der Waals surface area contributed by atoms with Crippen LogP contribution in [0, 0.1) is 0 Å². The third-order valence-electron chi connectivity index (χ3n) is 7.30. The number of carboxylic acid groups (broad SMARTS) is 1. The summed E-state index contributed by atoms with van der Waals surface area (Å²) in [4.78, 5) is 36.4. The molecule has 2 atom stereocenters. The summed E-state index contributed by atoms with van der Waals surface area (Å²) in [5.74, 6) is -1.81. The van der Waals surface area contributed by atoms with E-state index in [1.54, 1.807) is 21.1 Å². The van der Waals surface area contributed by atoms with Gasteiger partial charge in [-0.3, -0.25) is 9.59 Å². The minimum Gasteiger partial charge on any atom is -0.544 e. The molecule has 0 aliphatic carbocycles. The van der Waals surface area contributed by atoms with Crippen LogP contribution in [0.1, 0.15) is 110 Å². The predicted octanol–water partition coefficient (Wildman–Crippen LogP) is 6.96. The molecule has 262 valence electrons. The molecule has 8 heteroatoms. The van der Waals surface area contributed by atoms with Crippen molar-refractivity contribution in [1.29, 1.82) is 0 Å². The number of rotatable bonds is 29. The minimum atomic E-state index is -1.14. The third-order valence-corrected chi connectivity index (χ3v) is 7.30. The SMILES string of the molecule is CC/C=C/C=C/C=C/C=C/C=C/CCCCCC(=O)OC(COCCC(C(=O)[O-])[N+](C)(C)C)COC(=O)CCCCCCCCC. The molecule has 0 saturated heterocycles. The van der Waals surface area contributed by atoms with Crippen LogP contribution in [0.5, 0.6) is 0 Å². The molecule has 0 bridgehead atoms. The second-order valence-electron chi connectivity index (χ2n) is 12.5. The Morgan fingerprint density at radius 3 is 1.80 bits per heavy atom. The normalized spacial score (nSPS) is 13.8. The van der Waals surface area contributed by atoms with Gasteiger partial charge >= 0.3 is 11.9 Å². The Bertz CT molecular complexity index is 943. The molecule has 0 N–H and O–H groups in total. The van der Waals surface area contributed by atoms with Crippen molar-refractivity contribution in [2.75, 3.05) is 41.0 Å². The van der Waals surface area contributed by atoms with Gasteiger partial charge in [-0.25, -0.2) is 0 Å². The molecule has 8 nitrogen and oxygen atoms in total. The number of ether oxygens (including phenoxy) is 3. The molecule has 0 radical (unpaired) electrons. The first kappa shape index (κ1) is 43.0. The molecule has 0 spiro atoms. The molecule has 0 fully saturated rings. The summed E-state index contributed by atoms with van der Waals surface area (Å²) in [7, 11) is 5.36. The van der Waals surface area contributed by atoms with Crippen LogP contribution in [0.2, 0.25) is 0 Å². The number of allylic oxidation sites excluding steroid dienone is 10. The Morgan fingerprint density at radius 2 is 1.22 bits per heavy atom. The van der Waals surface area contributed by atoms with E-state index in [-0.39, 0.29) is 49.1 Å². The maximum absolute atomic E-state index is 12.6. The van der Waals surface area contributed by atoms with E-state index in [9.17, 15) is 19.5 Å². The maximum atomic E-state index is 12.6. The van der Waals surface area contributed by atoms with E-state index in [1.165, 1.54) is 25.7 Å². The topological polar surface area (TPSA) is 102 Å². The summed E-state index contributed by atoms with van der Waals surface area (Å²) in [5, 5.41) is 11.5. The number of likely N-dealkylation sites (N-methyl/N-ethyl adjacent to an activating group) is 1. The van der Waals surface area contributed by atoms with Gasteiger partial charge in [0.05, 0.1) is 40.3 Å². The van der Waals surface area contributed by atoms with Crippen LogP contribution in [0.4, 0.5) is 0 Å². The summed E-state index contributed by atoms with van der Waals surface area (Å²) in [6.07, 6.45) is 32.6. The van der Waals surface area contributed by atoms with E-state index in [0.29, 0.717) is 12.8 Å². The zero-order chi connectivity index (χ0) is 34.3.